The highest BCUT2D eigenvalue weighted by molar-refractivity contribution is 9.12. The van der Waals surface area contributed by atoms with Gasteiger partial charge in [-0.25, -0.2) is 13.1 Å². The number of aliphatic hydroxyl groups is 1. The third kappa shape index (κ3) is 5.43. The van der Waals surface area contributed by atoms with E-state index in [1.165, 1.54) is 11.3 Å². The van der Waals surface area contributed by atoms with E-state index in [1.807, 2.05) is 6.92 Å². The number of aliphatic hydroxyl groups excluding tert-OH is 1. The van der Waals surface area contributed by atoms with Gasteiger partial charge in [0.05, 0.1) is 7.57 Å². The number of rotatable bonds is 8. The first-order valence-corrected chi connectivity index (χ1v) is 9.84. The van der Waals surface area contributed by atoms with Crippen molar-refractivity contribution in [2.75, 3.05) is 13.2 Å². The van der Waals surface area contributed by atoms with Gasteiger partial charge in [0.2, 0.25) is 10.0 Å². The van der Waals surface area contributed by atoms with Crippen molar-refractivity contribution in [3.8, 4) is 0 Å². The molecule has 0 saturated carbocycles. The Bertz CT molecular complexity index is 496. The molecule has 19 heavy (non-hydrogen) atoms. The van der Waals surface area contributed by atoms with Gasteiger partial charge in [0, 0.05) is 13.2 Å². The van der Waals surface area contributed by atoms with Crippen molar-refractivity contribution in [3.05, 3.63) is 13.6 Å². The summed E-state index contributed by atoms with van der Waals surface area (Å²) < 4.78 is 28.3. The van der Waals surface area contributed by atoms with E-state index in [2.05, 4.69) is 36.6 Å². The normalized spacial score (nSPS) is 13.7. The largest absolute Gasteiger partial charge is 0.396 e. The summed E-state index contributed by atoms with van der Waals surface area (Å²) in [7, 11) is -3.50. The first-order valence-electron chi connectivity index (χ1n) is 5.96. The van der Waals surface area contributed by atoms with Crippen LogP contribution in [-0.2, 0) is 10.0 Å². The second kappa shape index (κ2) is 8.09. The predicted octanol–water partition coefficient (Wildman–Crippen LogP) is 3.35. The van der Waals surface area contributed by atoms with Crippen LogP contribution in [-0.4, -0.2) is 26.7 Å². The van der Waals surface area contributed by atoms with Gasteiger partial charge in [-0.15, -0.1) is 11.3 Å². The van der Waals surface area contributed by atoms with Crippen molar-refractivity contribution in [2.45, 2.75) is 31.1 Å². The maximum absolute atomic E-state index is 12.2. The topological polar surface area (TPSA) is 66.4 Å². The Morgan fingerprint density at radius 1 is 1.42 bits per heavy atom. The lowest BCUT2D eigenvalue weighted by Crippen LogP contribution is -2.29. The number of nitrogens with one attached hydrogen (secondary N) is 1. The maximum atomic E-state index is 12.2. The first-order chi connectivity index (χ1) is 8.90. The Balaban J connectivity index is 2.72. The zero-order valence-electron chi connectivity index (χ0n) is 10.5. The van der Waals surface area contributed by atoms with Crippen LogP contribution >= 0.6 is 43.2 Å². The average molecular weight is 435 g/mol. The van der Waals surface area contributed by atoms with E-state index in [1.54, 1.807) is 6.07 Å². The molecule has 2 N–H and O–H groups in total. The summed E-state index contributed by atoms with van der Waals surface area (Å²) in [5, 5.41) is 8.97. The smallest absolute Gasteiger partial charge is 0.242 e. The van der Waals surface area contributed by atoms with Crippen LogP contribution < -0.4 is 4.72 Å². The molecule has 1 atom stereocenters. The SMILES string of the molecule is CCCC(CCO)CNS(=O)(=O)c1cc(Br)sc1Br. The van der Waals surface area contributed by atoms with Crippen LogP contribution in [0, 0.1) is 5.92 Å². The maximum Gasteiger partial charge on any atom is 0.242 e. The third-order valence-corrected chi connectivity index (χ3v) is 6.89. The minimum absolute atomic E-state index is 0.0834. The molecule has 0 aliphatic carbocycles. The van der Waals surface area contributed by atoms with Crippen molar-refractivity contribution in [1.29, 1.82) is 0 Å². The molecule has 1 unspecified atom stereocenters. The van der Waals surface area contributed by atoms with Gasteiger partial charge in [-0.1, -0.05) is 13.3 Å². The quantitative estimate of drug-likeness (QED) is 0.659. The van der Waals surface area contributed by atoms with Crippen LogP contribution in [0.2, 0.25) is 0 Å². The van der Waals surface area contributed by atoms with Crippen LogP contribution in [0.1, 0.15) is 26.2 Å². The van der Waals surface area contributed by atoms with Crippen LogP contribution in [0.4, 0.5) is 0 Å². The second-order valence-electron chi connectivity index (χ2n) is 4.21. The number of sulfonamides is 1. The molecule has 1 aromatic rings. The summed E-state index contributed by atoms with van der Waals surface area (Å²) in [4.78, 5) is 0.253. The van der Waals surface area contributed by atoms with Gasteiger partial charge in [-0.3, -0.25) is 0 Å². The standard InChI is InChI=1S/C11H17Br2NO3S2/c1-2-3-8(4-5-15)7-14-19(16,17)9-6-10(12)18-11(9)13/h6,8,14-15H,2-5,7H2,1H3. The molecule has 1 aromatic heterocycles. The first kappa shape index (κ1) is 17.6. The van der Waals surface area contributed by atoms with Gasteiger partial charge in [-0.2, -0.15) is 0 Å². The molecule has 4 nitrogen and oxygen atoms in total. The van der Waals surface area contributed by atoms with Crippen molar-refractivity contribution in [3.63, 3.8) is 0 Å². The minimum Gasteiger partial charge on any atom is -0.396 e. The molecule has 0 bridgehead atoms. The molecule has 0 saturated heterocycles. The van der Waals surface area contributed by atoms with E-state index in [4.69, 9.17) is 5.11 Å². The van der Waals surface area contributed by atoms with Crippen molar-refractivity contribution in [1.82, 2.24) is 4.72 Å². The molecular formula is C11H17Br2NO3S2. The fraction of sp³-hybridized carbons (Fsp3) is 0.636. The fourth-order valence-corrected chi connectivity index (χ4v) is 6.68. The molecule has 0 aliphatic heterocycles. The number of thiophene rings is 1. The molecule has 0 aliphatic rings. The highest BCUT2D eigenvalue weighted by Crippen LogP contribution is 2.34. The summed E-state index contributed by atoms with van der Waals surface area (Å²) in [5.74, 6) is 0.172. The van der Waals surface area contributed by atoms with Crippen molar-refractivity contribution < 1.29 is 13.5 Å². The molecular weight excluding hydrogens is 418 g/mol. The molecule has 0 radical (unpaired) electrons. The molecule has 110 valence electrons. The van der Waals surface area contributed by atoms with E-state index in [0.717, 1.165) is 16.6 Å². The lowest BCUT2D eigenvalue weighted by atomic mass is 10.0. The van der Waals surface area contributed by atoms with Crippen LogP contribution in [0.3, 0.4) is 0 Å². The van der Waals surface area contributed by atoms with E-state index >= 15 is 0 Å². The van der Waals surface area contributed by atoms with Gasteiger partial charge in [0.15, 0.2) is 0 Å². The Morgan fingerprint density at radius 2 is 2.11 bits per heavy atom. The van der Waals surface area contributed by atoms with Crippen LogP contribution in [0.5, 0.6) is 0 Å². The molecule has 0 spiro atoms. The second-order valence-corrected chi connectivity index (χ2v) is 9.69. The number of halogens is 2. The fourth-order valence-electron chi connectivity index (χ4n) is 1.75. The lowest BCUT2D eigenvalue weighted by molar-refractivity contribution is 0.251. The summed E-state index contributed by atoms with van der Waals surface area (Å²) in [6.07, 6.45) is 2.49. The van der Waals surface area contributed by atoms with Crippen LogP contribution in [0.15, 0.2) is 18.5 Å². The van der Waals surface area contributed by atoms with E-state index in [0.29, 0.717) is 16.8 Å². The minimum atomic E-state index is -3.50. The van der Waals surface area contributed by atoms with E-state index in [9.17, 15) is 8.42 Å². The molecule has 0 fully saturated rings. The monoisotopic (exact) mass is 433 g/mol. The molecule has 1 heterocycles. The van der Waals surface area contributed by atoms with Gasteiger partial charge < -0.3 is 5.11 Å². The molecule has 1 rings (SSSR count). The third-order valence-electron chi connectivity index (χ3n) is 2.71. The predicted molar refractivity (Wildman–Crippen MR) is 85.0 cm³/mol. The summed E-state index contributed by atoms with van der Waals surface area (Å²) in [6.45, 7) is 2.49. The zero-order valence-corrected chi connectivity index (χ0v) is 15.3. The van der Waals surface area contributed by atoms with Gasteiger partial charge in [0.1, 0.15) is 4.90 Å². The van der Waals surface area contributed by atoms with E-state index in [-0.39, 0.29) is 17.4 Å². The lowest BCUT2D eigenvalue weighted by Gasteiger charge is -2.15. The highest BCUT2D eigenvalue weighted by atomic mass is 79.9. The van der Waals surface area contributed by atoms with Gasteiger partial charge in [-0.05, 0) is 56.7 Å². The van der Waals surface area contributed by atoms with Gasteiger partial charge in [0.25, 0.3) is 0 Å². The number of hydrogen-bond acceptors (Lipinski definition) is 4. The Hall–Kier alpha value is 0.530. The zero-order chi connectivity index (χ0) is 14.5. The molecule has 0 amide bonds. The summed E-state index contributed by atoms with van der Waals surface area (Å²) in [5.41, 5.74) is 0. The van der Waals surface area contributed by atoms with Gasteiger partial charge >= 0.3 is 0 Å². The van der Waals surface area contributed by atoms with Crippen LogP contribution in [0.25, 0.3) is 0 Å². The Kier molecular flexibility index (Phi) is 7.49. The van der Waals surface area contributed by atoms with Crippen molar-refractivity contribution >= 4 is 53.2 Å². The summed E-state index contributed by atoms with van der Waals surface area (Å²) in [6, 6.07) is 1.58. The highest BCUT2D eigenvalue weighted by Gasteiger charge is 2.21. The number of hydrogen-bond donors (Lipinski definition) is 2. The van der Waals surface area contributed by atoms with Crippen molar-refractivity contribution in [2.24, 2.45) is 5.92 Å². The average Bonchev–Trinajstić information content (AvgIpc) is 2.67. The van der Waals surface area contributed by atoms with E-state index < -0.39 is 10.0 Å². The molecule has 8 heteroatoms. The Morgan fingerprint density at radius 3 is 2.58 bits per heavy atom. The summed E-state index contributed by atoms with van der Waals surface area (Å²) >= 11 is 7.84. The Labute approximate surface area is 134 Å². The molecule has 0 aromatic carbocycles.